The van der Waals surface area contributed by atoms with Crippen LogP contribution in [0.2, 0.25) is 0 Å². The smallest absolute Gasteiger partial charge is 0.252 e. The molecule has 0 unspecified atom stereocenters. The van der Waals surface area contributed by atoms with Crippen molar-refractivity contribution >= 4 is 37.0 Å². The van der Waals surface area contributed by atoms with E-state index in [0.717, 1.165) is 33.9 Å². The summed E-state index contributed by atoms with van der Waals surface area (Å²) in [6.45, 7) is 13.0. The molecule has 0 amide bonds. The van der Waals surface area contributed by atoms with Gasteiger partial charge in [-0.2, -0.15) is 0 Å². The third-order valence-corrected chi connectivity index (χ3v) is 9.00. The van der Waals surface area contributed by atoms with Gasteiger partial charge in [0.2, 0.25) is 0 Å². The highest BCUT2D eigenvalue weighted by molar-refractivity contribution is 8.02. The molecule has 0 aliphatic rings. The standard InChI is InChI=1S/C26H31O3PS2/c1-25(2,3)20-12-16-23(17-13-20)31-28-30(27,22-10-8-7-9-11-22)29-32-24-18-14-21(15-19-24)26(4,5)6/h7-19H,1-6H3. The predicted molar refractivity (Wildman–Crippen MR) is 138 cm³/mol. The van der Waals surface area contributed by atoms with E-state index in [1.165, 1.54) is 11.1 Å². The minimum atomic E-state index is -3.57. The first kappa shape index (κ1) is 25.1. The monoisotopic (exact) mass is 486 g/mol. The lowest BCUT2D eigenvalue weighted by Crippen LogP contribution is -2.10. The molecule has 3 nitrogen and oxygen atoms in total. The molecule has 6 heteroatoms. The molecule has 0 N–H and O–H groups in total. The van der Waals surface area contributed by atoms with Gasteiger partial charge in [-0.05, 0) is 58.4 Å². The van der Waals surface area contributed by atoms with Crippen LogP contribution in [-0.2, 0) is 23.3 Å². The van der Waals surface area contributed by atoms with E-state index in [2.05, 4.69) is 65.8 Å². The van der Waals surface area contributed by atoms with Crippen molar-refractivity contribution in [1.82, 2.24) is 0 Å². The molecule has 0 spiro atoms. The summed E-state index contributed by atoms with van der Waals surface area (Å²) < 4.78 is 25.4. The molecule has 170 valence electrons. The van der Waals surface area contributed by atoms with Crippen LogP contribution in [0.1, 0.15) is 52.7 Å². The van der Waals surface area contributed by atoms with E-state index >= 15 is 0 Å². The second kappa shape index (κ2) is 10.2. The Bertz CT molecular complexity index is 986. The van der Waals surface area contributed by atoms with Crippen LogP contribution in [0.4, 0.5) is 0 Å². The predicted octanol–water partition coefficient (Wildman–Crippen LogP) is 8.55. The fourth-order valence-corrected chi connectivity index (χ4v) is 6.43. The Kier molecular flexibility index (Phi) is 8.01. The van der Waals surface area contributed by atoms with Crippen LogP contribution in [-0.4, -0.2) is 0 Å². The SMILES string of the molecule is CC(C)(C)c1ccc(SOP(=O)(OSc2ccc(C(C)(C)C)cc2)c2ccccc2)cc1. The first-order valence-corrected chi connectivity index (χ1v) is 13.6. The molecule has 3 rings (SSSR count). The summed E-state index contributed by atoms with van der Waals surface area (Å²) in [4.78, 5) is 1.74. The molecule has 0 saturated carbocycles. The normalized spacial score (nSPS) is 12.7. The summed E-state index contributed by atoms with van der Waals surface area (Å²) in [5.41, 5.74) is 2.62. The fraction of sp³-hybridized carbons (Fsp3) is 0.308. The first-order valence-electron chi connectivity index (χ1n) is 10.6. The molecular formula is C26H31O3PS2. The lowest BCUT2D eigenvalue weighted by molar-refractivity contribution is 0.446. The van der Waals surface area contributed by atoms with E-state index < -0.39 is 7.60 Å². The number of hydrogen-bond donors (Lipinski definition) is 0. The second-order valence-electron chi connectivity index (χ2n) is 9.70. The molecule has 0 radical (unpaired) electrons. The molecule has 0 saturated heterocycles. The van der Waals surface area contributed by atoms with E-state index in [0.29, 0.717) is 5.30 Å². The summed E-state index contributed by atoms with van der Waals surface area (Å²) in [5.74, 6) is 0. The highest BCUT2D eigenvalue weighted by atomic mass is 32.2. The van der Waals surface area contributed by atoms with Gasteiger partial charge in [0.1, 0.15) is 0 Å². The third-order valence-electron chi connectivity index (χ3n) is 4.98. The van der Waals surface area contributed by atoms with Gasteiger partial charge in [-0.1, -0.05) is 84.0 Å². The van der Waals surface area contributed by atoms with Crippen LogP contribution in [0.3, 0.4) is 0 Å². The van der Waals surface area contributed by atoms with Crippen molar-refractivity contribution in [1.29, 1.82) is 0 Å². The van der Waals surface area contributed by atoms with Crippen LogP contribution in [0.5, 0.6) is 0 Å². The van der Waals surface area contributed by atoms with Crippen molar-refractivity contribution in [3.8, 4) is 0 Å². The van der Waals surface area contributed by atoms with Gasteiger partial charge in [-0.25, -0.2) is 7.94 Å². The maximum absolute atomic E-state index is 13.7. The third kappa shape index (κ3) is 6.76. The summed E-state index contributed by atoms with van der Waals surface area (Å²) in [6.07, 6.45) is 0. The molecule has 0 bridgehead atoms. The number of rotatable bonds is 7. The minimum absolute atomic E-state index is 0.0751. The van der Waals surface area contributed by atoms with Crippen LogP contribution in [0, 0.1) is 0 Å². The summed E-state index contributed by atoms with van der Waals surface area (Å²) in [7, 11) is -3.57. The summed E-state index contributed by atoms with van der Waals surface area (Å²) in [6, 6.07) is 25.3. The summed E-state index contributed by atoms with van der Waals surface area (Å²) >= 11 is 2.16. The Labute approximate surface area is 201 Å². The number of benzene rings is 3. The highest BCUT2D eigenvalue weighted by Crippen LogP contribution is 2.55. The highest BCUT2D eigenvalue weighted by Gasteiger charge is 2.30. The fourth-order valence-electron chi connectivity index (χ4n) is 2.91. The average molecular weight is 487 g/mol. The summed E-state index contributed by atoms with van der Waals surface area (Å²) in [5, 5.41) is 0.526. The molecule has 0 aliphatic carbocycles. The molecule has 0 heterocycles. The molecule has 0 atom stereocenters. The van der Waals surface area contributed by atoms with Crippen LogP contribution in [0.15, 0.2) is 88.7 Å². The number of hydrogen-bond acceptors (Lipinski definition) is 5. The van der Waals surface area contributed by atoms with E-state index in [9.17, 15) is 4.57 Å². The topological polar surface area (TPSA) is 35.5 Å². The van der Waals surface area contributed by atoms with Crippen molar-refractivity contribution in [2.75, 3.05) is 0 Å². The van der Waals surface area contributed by atoms with E-state index in [4.69, 9.17) is 7.94 Å². The molecule has 0 fully saturated rings. The van der Waals surface area contributed by atoms with E-state index in [-0.39, 0.29) is 10.8 Å². The first-order chi connectivity index (χ1) is 15.0. The van der Waals surface area contributed by atoms with E-state index in [1.807, 2.05) is 42.5 Å². The molecule has 3 aromatic rings. The largest absolute Gasteiger partial charge is 0.384 e. The Morgan fingerprint density at radius 3 is 1.31 bits per heavy atom. The van der Waals surface area contributed by atoms with Crippen LogP contribution >= 0.6 is 31.7 Å². The maximum atomic E-state index is 13.7. The van der Waals surface area contributed by atoms with Gasteiger partial charge in [-0.15, -0.1) is 0 Å². The van der Waals surface area contributed by atoms with Gasteiger partial charge in [-0.3, -0.25) is 4.57 Å². The Hall–Kier alpha value is -1.49. The van der Waals surface area contributed by atoms with Crippen LogP contribution in [0.25, 0.3) is 0 Å². The van der Waals surface area contributed by atoms with Gasteiger partial charge in [0.05, 0.1) is 5.30 Å². The molecule has 3 aromatic carbocycles. The molecule has 32 heavy (non-hydrogen) atoms. The van der Waals surface area contributed by atoms with Crippen molar-refractivity contribution < 1.29 is 12.5 Å². The average Bonchev–Trinajstić information content (AvgIpc) is 2.76. The van der Waals surface area contributed by atoms with Crippen LogP contribution < -0.4 is 5.30 Å². The van der Waals surface area contributed by atoms with Gasteiger partial charge < -0.3 is 0 Å². The zero-order chi connectivity index (χ0) is 23.4. The Morgan fingerprint density at radius 1 is 0.594 bits per heavy atom. The zero-order valence-corrected chi connectivity index (χ0v) is 22.0. The Morgan fingerprint density at radius 2 is 0.969 bits per heavy atom. The lowest BCUT2D eigenvalue weighted by Gasteiger charge is -2.20. The zero-order valence-electron chi connectivity index (χ0n) is 19.5. The van der Waals surface area contributed by atoms with Crippen molar-refractivity contribution in [3.63, 3.8) is 0 Å². The van der Waals surface area contributed by atoms with Crippen molar-refractivity contribution in [2.45, 2.75) is 62.2 Å². The van der Waals surface area contributed by atoms with Crippen molar-refractivity contribution in [3.05, 3.63) is 90.0 Å². The van der Waals surface area contributed by atoms with Crippen molar-refractivity contribution in [2.24, 2.45) is 0 Å². The van der Waals surface area contributed by atoms with Gasteiger partial charge in [0, 0.05) is 33.9 Å². The molecule has 0 aliphatic heterocycles. The van der Waals surface area contributed by atoms with Gasteiger partial charge >= 0.3 is 7.60 Å². The second-order valence-corrected chi connectivity index (χ2v) is 13.7. The van der Waals surface area contributed by atoms with E-state index in [1.54, 1.807) is 12.1 Å². The lowest BCUT2D eigenvalue weighted by atomic mass is 9.87. The minimum Gasteiger partial charge on any atom is -0.252 e. The van der Waals surface area contributed by atoms with Gasteiger partial charge in [0.25, 0.3) is 0 Å². The quantitative estimate of drug-likeness (QED) is 0.247. The van der Waals surface area contributed by atoms with Gasteiger partial charge in [0.15, 0.2) is 0 Å². The Balaban J connectivity index is 1.74. The molecular weight excluding hydrogens is 455 g/mol. The molecule has 0 aromatic heterocycles. The maximum Gasteiger partial charge on any atom is 0.384 e.